The van der Waals surface area contributed by atoms with Crippen molar-refractivity contribution in [1.29, 1.82) is 0 Å². The second-order valence-corrected chi connectivity index (χ2v) is 3.32. The molecule has 0 saturated carbocycles. The molecule has 1 heterocycles. The van der Waals surface area contributed by atoms with Crippen LogP contribution in [0.4, 0.5) is 0 Å². The van der Waals surface area contributed by atoms with Crippen molar-refractivity contribution in [3.8, 4) is 0 Å². The van der Waals surface area contributed by atoms with Crippen LogP contribution in [0.25, 0.3) is 0 Å². The molecule has 0 aliphatic heterocycles. The number of nitrogens with zero attached hydrogens (tertiary/aromatic N) is 3. The van der Waals surface area contributed by atoms with Gasteiger partial charge >= 0.3 is 0 Å². The molecule has 2 amide bonds. The molecule has 82 valence electrons. The summed E-state index contributed by atoms with van der Waals surface area (Å²) in [6.45, 7) is 3.37. The zero-order valence-corrected chi connectivity index (χ0v) is 9.36. The summed E-state index contributed by atoms with van der Waals surface area (Å²) >= 11 is 5.67. The maximum absolute atomic E-state index is 11.5. The van der Waals surface area contributed by atoms with E-state index >= 15 is 0 Å². The van der Waals surface area contributed by atoms with E-state index in [0.717, 1.165) is 5.01 Å². The first-order chi connectivity index (χ1) is 7.10. The average Bonchev–Trinajstić information content (AvgIpc) is 2.64. The lowest BCUT2D eigenvalue weighted by molar-refractivity contribution is -0.128. The van der Waals surface area contributed by atoms with Gasteiger partial charge in [-0.2, -0.15) is 14.9 Å². The van der Waals surface area contributed by atoms with Crippen molar-refractivity contribution >= 4 is 23.4 Å². The Hall–Kier alpha value is -1.36. The lowest BCUT2D eigenvalue weighted by Crippen LogP contribution is -2.45. The minimum Gasteiger partial charge on any atom is -0.272 e. The van der Waals surface area contributed by atoms with E-state index in [1.165, 1.54) is 17.2 Å². The number of halogens is 1. The van der Waals surface area contributed by atoms with Gasteiger partial charge in [-0.25, -0.2) is 0 Å². The van der Waals surface area contributed by atoms with Gasteiger partial charge in [0.15, 0.2) is 0 Å². The van der Waals surface area contributed by atoms with Gasteiger partial charge < -0.3 is 0 Å². The second-order valence-electron chi connectivity index (χ2n) is 2.89. The van der Waals surface area contributed by atoms with Crippen LogP contribution in [0.15, 0.2) is 12.4 Å². The summed E-state index contributed by atoms with van der Waals surface area (Å²) in [6.07, 6.45) is 3.27. The predicted octanol–water partition coefficient (Wildman–Crippen LogP) is 1.35. The zero-order valence-electron chi connectivity index (χ0n) is 8.61. The average molecular weight is 230 g/mol. The van der Waals surface area contributed by atoms with Gasteiger partial charge in [-0.15, -0.1) is 0 Å². The van der Waals surface area contributed by atoms with Gasteiger partial charge in [-0.05, 0) is 0 Å². The van der Waals surface area contributed by atoms with E-state index in [1.807, 2.05) is 0 Å². The summed E-state index contributed by atoms with van der Waals surface area (Å²) in [5.41, 5.74) is 0. The highest BCUT2D eigenvalue weighted by Crippen LogP contribution is 2.07. The fraction of sp³-hybridized carbons (Fsp3) is 0.444. The van der Waals surface area contributed by atoms with Crippen LogP contribution in [0.2, 0.25) is 5.02 Å². The van der Waals surface area contributed by atoms with Crippen LogP contribution in [0.3, 0.4) is 0 Å². The highest BCUT2D eigenvalue weighted by molar-refractivity contribution is 6.30. The van der Waals surface area contributed by atoms with Crippen molar-refractivity contribution in [3.05, 3.63) is 17.4 Å². The topological polar surface area (TPSA) is 55.2 Å². The molecule has 1 rings (SSSR count). The molecule has 0 N–H and O–H groups in total. The maximum Gasteiger partial charge on any atom is 0.249 e. The Bertz CT molecular complexity index is 359. The number of rotatable bonds is 3. The van der Waals surface area contributed by atoms with Crippen molar-refractivity contribution in [2.45, 2.75) is 26.7 Å². The molecule has 0 fully saturated rings. The van der Waals surface area contributed by atoms with Gasteiger partial charge in [0, 0.05) is 12.8 Å². The lowest BCUT2D eigenvalue weighted by atomic mass is 10.4. The third-order valence-electron chi connectivity index (χ3n) is 1.82. The minimum absolute atomic E-state index is 0.239. The highest BCUT2D eigenvalue weighted by atomic mass is 35.5. The van der Waals surface area contributed by atoms with Gasteiger partial charge in [0.05, 0.1) is 17.4 Å². The lowest BCUT2D eigenvalue weighted by Gasteiger charge is -2.18. The molecule has 1 aromatic rings. The summed E-state index contributed by atoms with van der Waals surface area (Å²) < 4.78 is 0. The summed E-state index contributed by atoms with van der Waals surface area (Å²) in [4.78, 5) is 24.2. The monoisotopic (exact) mass is 229 g/mol. The van der Waals surface area contributed by atoms with E-state index in [1.54, 1.807) is 13.8 Å². The Morgan fingerprint density at radius 1 is 1.40 bits per heavy atom. The standard InChI is InChI=1S/C9H12ClN3O2/c1-3-8(14)13(9(15)4-2)12-6-7(10)5-11-12/h5-6H,3-4H2,1-2H3. The van der Waals surface area contributed by atoms with Crippen LogP contribution < -0.4 is 5.01 Å². The summed E-state index contributed by atoms with van der Waals surface area (Å²) in [5.74, 6) is -0.608. The number of carbonyl (C=O) groups is 2. The zero-order chi connectivity index (χ0) is 11.4. The summed E-state index contributed by atoms with van der Waals surface area (Å²) in [5, 5.41) is 5.20. The molecular formula is C9H12ClN3O2. The van der Waals surface area contributed by atoms with Crippen molar-refractivity contribution in [2.75, 3.05) is 5.01 Å². The largest absolute Gasteiger partial charge is 0.272 e. The molecule has 0 aliphatic carbocycles. The van der Waals surface area contributed by atoms with Crippen LogP contribution >= 0.6 is 11.6 Å². The van der Waals surface area contributed by atoms with Crippen LogP contribution in [0.5, 0.6) is 0 Å². The van der Waals surface area contributed by atoms with Crippen LogP contribution in [-0.2, 0) is 9.59 Å². The molecule has 0 bridgehead atoms. The first kappa shape index (κ1) is 11.7. The smallest absolute Gasteiger partial charge is 0.249 e. The van der Waals surface area contributed by atoms with Gasteiger partial charge in [-0.1, -0.05) is 25.4 Å². The number of aromatic nitrogens is 2. The molecule has 0 unspecified atom stereocenters. The molecule has 15 heavy (non-hydrogen) atoms. The van der Waals surface area contributed by atoms with Crippen molar-refractivity contribution in [2.24, 2.45) is 0 Å². The summed E-state index contributed by atoms with van der Waals surface area (Å²) in [6, 6.07) is 0. The third kappa shape index (κ3) is 2.56. The van der Waals surface area contributed by atoms with Crippen LogP contribution in [0.1, 0.15) is 26.7 Å². The molecule has 0 saturated heterocycles. The Labute approximate surface area is 92.6 Å². The number of hydrogen-bond donors (Lipinski definition) is 0. The van der Waals surface area contributed by atoms with E-state index in [0.29, 0.717) is 5.02 Å². The second kappa shape index (κ2) is 4.93. The van der Waals surface area contributed by atoms with E-state index in [2.05, 4.69) is 5.10 Å². The quantitative estimate of drug-likeness (QED) is 0.786. The molecule has 0 aromatic carbocycles. The number of imide groups is 1. The highest BCUT2D eigenvalue weighted by Gasteiger charge is 2.21. The predicted molar refractivity (Wildman–Crippen MR) is 56.1 cm³/mol. The normalized spacial score (nSPS) is 10.1. The first-order valence-electron chi connectivity index (χ1n) is 4.66. The number of amides is 2. The fourth-order valence-electron chi connectivity index (χ4n) is 1.07. The van der Waals surface area contributed by atoms with Gasteiger partial charge in [0.25, 0.3) is 0 Å². The SMILES string of the molecule is CCC(=O)N(C(=O)CC)n1cc(Cl)cn1. The molecule has 0 aliphatic rings. The molecule has 1 aromatic heterocycles. The molecule has 0 atom stereocenters. The molecule has 0 radical (unpaired) electrons. The Morgan fingerprint density at radius 2 is 1.93 bits per heavy atom. The number of hydrogen-bond acceptors (Lipinski definition) is 3. The molecular weight excluding hydrogens is 218 g/mol. The Morgan fingerprint density at radius 3 is 2.27 bits per heavy atom. The van der Waals surface area contributed by atoms with Gasteiger partial charge in [0.1, 0.15) is 0 Å². The van der Waals surface area contributed by atoms with Crippen molar-refractivity contribution in [1.82, 2.24) is 9.89 Å². The third-order valence-corrected chi connectivity index (χ3v) is 2.02. The van der Waals surface area contributed by atoms with Gasteiger partial charge in [-0.3, -0.25) is 9.59 Å². The van der Waals surface area contributed by atoms with Crippen LogP contribution in [0, 0.1) is 0 Å². The van der Waals surface area contributed by atoms with E-state index in [-0.39, 0.29) is 24.7 Å². The number of carbonyl (C=O) groups excluding carboxylic acids is 2. The Kier molecular flexibility index (Phi) is 3.85. The van der Waals surface area contributed by atoms with E-state index in [9.17, 15) is 9.59 Å². The molecule has 5 nitrogen and oxygen atoms in total. The minimum atomic E-state index is -0.304. The summed E-state index contributed by atoms with van der Waals surface area (Å²) in [7, 11) is 0. The Balaban J connectivity index is 3.01. The van der Waals surface area contributed by atoms with Crippen molar-refractivity contribution in [3.63, 3.8) is 0 Å². The maximum atomic E-state index is 11.5. The van der Waals surface area contributed by atoms with Crippen molar-refractivity contribution < 1.29 is 9.59 Å². The first-order valence-corrected chi connectivity index (χ1v) is 5.04. The molecule has 6 heteroatoms. The van der Waals surface area contributed by atoms with Crippen LogP contribution in [-0.4, -0.2) is 21.7 Å². The van der Waals surface area contributed by atoms with Gasteiger partial charge in [0.2, 0.25) is 11.8 Å². The molecule has 0 spiro atoms. The fourth-order valence-corrected chi connectivity index (χ4v) is 1.20. The van der Waals surface area contributed by atoms with E-state index < -0.39 is 0 Å². The van der Waals surface area contributed by atoms with E-state index in [4.69, 9.17) is 11.6 Å².